The van der Waals surface area contributed by atoms with Crippen LogP contribution in [0.15, 0.2) is 17.0 Å². The molecular weight excluding hydrogens is 388 g/mol. The van der Waals surface area contributed by atoms with E-state index in [1.807, 2.05) is 32.9 Å². The molecular formula is C21H34N4O3S. The number of carbonyl (C=O) groups excluding carboxylic acids is 1. The normalized spacial score (nSPS) is 22.1. The van der Waals surface area contributed by atoms with E-state index in [0.717, 1.165) is 49.4 Å². The van der Waals surface area contributed by atoms with Crippen LogP contribution in [0.25, 0.3) is 0 Å². The van der Waals surface area contributed by atoms with Crippen LogP contribution in [0.2, 0.25) is 0 Å². The summed E-state index contributed by atoms with van der Waals surface area (Å²) in [7, 11) is -1.59. The first kappa shape index (κ1) is 22.2. The molecule has 0 radical (unpaired) electrons. The van der Waals surface area contributed by atoms with Gasteiger partial charge < -0.3 is 10.2 Å². The zero-order chi connectivity index (χ0) is 21.2. The van der Waals surface area contributed by atoms with Gasteiger partial charge in [0, 0.05) is 45.8 Å². The van der Waals surface area contributed by atoms with Crippen molar-refractivity contribution in [2.45, 2.75) is 44.6 Å². The summed E-state index contributed by atoms with van der Waals surface area (Å²) in [6.07, 6.45) is 1.28. The average molecular weight is 423 g/mol. The van der Waals surface area contributed by atoms with E-state index in [1.54, 1.807) is 0 Å². The molecule has 0 saturated carbocycles. The van der Waals surface area contributed by atoms with Crippen LogP contribution in [-0.4, -0.2) is 87.3 Å². The fourth-order valence-electron chi connectivity index (χ4n) is 4.51. The van der Waals surface area contributed by atoms with Crippen molar-refractivity contribution in [3.05, 3.63) is 28.8 Å². The zero-order valence-electron chi connectivity index (χ0n) is 18.1. The summed E-state index contributed by atoms with van der Waals surface area (Å²) in [5.41, 5.74) is 2.52. The van der Waals surface area contributed by atoms with E-state index in [4.69, 9.17) is 0 Å². The Hall–Kier alpha value is -1.48. The average Bonchev–Trinajstić information content (AvgIpc) is 3.13. The third-order valence-electron chi connectivity index (χ3n) is 6.00. The van der Waals surface area contributed by atoms with Gasteiger partial charge in [0.05, 0.1) is 4.90 Å². The van der Waals surface area contributed by atoms with Crippen LogP contribution in [0.5, 0.6) is 0 Å². The molecule has 2 aliphatic rings. The van der Waals surface area contributed by atoms with Crippen LogP contribution in [-0.2, 0) is 14.8 Å². The van der Waals surface area contributed by atoms with E-state index in [1.165, 1.54) is 4.31 Å². The Bertz CT molecular complexity index is 824. The third-order valence-corrected chi connectivity index (χ3v) is 8.22. The molecule has 1 N–H and O–H groups in total. The number of nitrogens with zero attached hydrogens (tertiary/aromatic N) is 3. The summed E-state index contributed by atoms with van der Waals surface area (Å²) in [6, 6.07) is 3.16. The van der Waals surface area contributed by atoms with E-state index in [2.05, 4.69) is 22.2 Å². The van der Waals surface area contributed by atoms with Crippen LogP contribution < -0.4 is 5.32 Å². The molecule has 0 aromatic heterocycles. The topological polar surface area (TPSA) is 73.0 Å². The number of sulfonamides is 1. The molecule has 29 heavy (non-hydrogen) atoms. The lowest BCUT2D eigenvalue weighted by Crippen LogP contribution is -2.49. The highest BCUT2D eigenvalue weighted by Crippen LogP contribution is 2.30. The highest BCUT2D eigenvalue weighted by Gasteiger charge is 2.40. The van der Waals surface area contributed by atoms with Crippen LogP contribution >= 0.6 is 0 Å². The second-order valence-electron chi connectivity index (χ2n) is 8.44. The quantitative estimate of drug-likeness (QED) is 0.744. The number of carbonyl (C=O) groups is 1. The second kappa shape index (κ2) is 9.12. The number of hydrogen-bond acceptors (Lipinski definition) is 5. The molecule has 2 aliphatic heterocycles. The predicted octanol–water partition coefficient (Wildman–Crippen LogP) is 1.13. The van der Waals surface area contributed by atoms with Crippen molar-refractivity contribution in [1.82, 2.24) is 19.4 Å². The predicted molar refractivity (Wildman–Crippen MR) is 115 cm³/mol. The molecule has 1 atom stereocenters. The second-order valence-corrected chi connectivity index (χ2v) is 10.3. The van der Waals surface area contributed by atoms with Crippen molar-refractivity contribution in [2.75, 3.05) is 52.9 Å². The number of likely N-dealkylation sites (N-methyl/N-ethyl adjacent to an activating group) is 1. The van der Waals surface area contributed by atoms with Crippen LogP contribution in [0.4, 0.5) is 0 Å². The Balaban J connectivity index is 1.65. The van der Waals surface area contributed by atoms with Crippen molar-refractivity contribution in [3.8, 4) is 0 Å². The lowest BCUT2D eigenvalue weighted by Gasteiger charge is -2.32. The zero-order valence-corrected chi connectivity index (χ0v) is 18.9. The molecule has 1 amide bonds. The van der Waals surface area contributed by atoms with Crippen molar-refractivity contribution < 1.29 is 13.2 Å². The third kappa shape index (κ3) is 4.99. The minimum absolute atomic E-state index is 0.178. The summed E-state index contributed by atoms with van der Waals surface area (Å²) in [6.45, 7) is 11.4. The fourth-order valence-corrected chi connectivity index (χ4v) is 6.58. The summed E-state index contributed by atoms with van der Waals surface area (Å²) in [4.78, 5) is 17.8. The molecule has 2 saturated heterocycles. The number of benzene rings is 1. The fraction of sp³-hybridized carbons (Fsp3) is 0.667. The van der Waals surface area contributed by atoms with E-state index in [-0.39, 0.29) is 5.91 Å². The molecule has 2 heterocycles. The van der Waals surface area contributed by atoms with Crippen LogP contribution in [0.3, 0.4) is 0 Å². The number of nitrogens with one attached hydrogen (secondary N) is 1. The van der Waals surface area contributed by atoms with Crippen LogP contribution in [0.1, 0.15) is 29.5 Å². The first-order chi connectivity index (χ1) is 13.7. The summed E-state index contributed by atoms with van der Waals surface area (Å²) < 4.78 is 28.2. The number of hydrogen-bond donors (Lipinski definition) is 1. The van der Waals surface area contributed by atoms with Gasteiger partial charge in [0.2, 0.25) is 15.9 Å². The van der Waals surface area contributed by atoms with Gasteiger partial charge in [-0.3, -0.25) is 9.69 Å². The van der Waals surface area contributed by atoms with Gasteiger partial charge in [-0.1, -0.05) is 17.7 Å². The maximum absolute atomic E-state index is 13.4. The Morgan fingerprint density at radius 3 is 2.31 bits per heavy atom. The minimum Gasteiger partial charge on any atom is -0.353 e. The van der Waals surface area contributed by atoms with Gasteiger partial charge in [-0.15, -0.1) is 0 Å². The van der Waals surface area contributed by atoms with E-state index < -0.39 is 16.1 Å². The maximum atomic E-state index is 13.4. The lowest BCUT2D eigenvalue weighted by molar-refractivity contribution is -0.124. The molecule has 0 aliphatic carbocycles. The first-order valence-corrected chi connectivity index (χ1v) is 11.9. The Labute approximate surface area is 175 Å². The summed E-state index contributed by atoms with van der Waals surface area (Å²) >= 11 is 0. The molecule has 1 aromatic rings. The first-order valence-electron chi connectivity index (χ1n) is 10.5. The lowest BCUT2D eigenvalue weighted by atomic mass is 10.1. The van der Waals surface area contributed by atoms with Gasteiger partial charge in [-0.25, -0.2) is 8.42 Å². The van der Waals surface area contributed by atoms with Crippen molar-refractivity contribution >= 4 is 15.9 Å². The number of piperazine rings is 1. The van der Waals surface area contributed by atoms with Crippen molar-refractivity contribution in [2.24, 2.45) is 0 Å². The molecule has 0 bridgehead atoms. The number of amides is 1. The highest BCUT2D eigenvalue weighted by atomic mass is 32.2. The highest BCUT2D eigenvalue weighted by molar-refractivity contribution is 7.89. The standard InChI is InChI=1S/C21H34N4O3S/c1-16-14-17(2)20(18(3)15-16)29(27,28)25-8-5-6-19(25)21(26)22-7-9-24-12-10-23(4)11-13-24/h14-15,19H,5-13H2,1-4H3,(H,22,26)/t19-/m1/s1. The monoisotopic (exact) mass is 422 g/mol. The van der Waals surface area contributed by atoms with Gasteiger partial charge in [0.1, 0.15) is 6.04 Å². The molecule has 8 heteroatoms. The molecule has 1 aromatic carbocycles. The van der Waals surface area contributed by atoms with Gasteiger partial charge in [0.25, 0.3) is 0 Å². The van der Waals surface area contributed by atoms with Crippen molar-refractivity contribution in [3.63, 3.8) is 0 Å². The number of rotatable bonds is 6. The van der Waals surface area contributed by atoms with E-state index >= 15 is 0 Å². The smallest absolute Gasteiger partial charge is 0.244 e. The van der Waals surface area contributed by atoms with E-state index in [9.17, 15) is 13.2 Å². The van der Waals surface area contributed by atoms with Crippen molar-refractivity contribution in [1.29, 1.82) is 0 Å². The van der Waals surface area contributed by atoms with E-state index in [0.29, 0.717) is 30.8 Å². The molecule has 162 valence electrons. The molecule has 0 spiro atoms. The SMILES string of the molecule is Cc1cc(C)c(S(=O)(=O)N2CCC[C@@H]2C(=O)NCCN2CCN(C)CC2)c(C)c1. The Morgan fingerprint density at radius 1 is 1.07 bits per heavy atom. The minimum atomic E-state index is -3.71. The number of aryl methyl sites for hydroxylation is 3. The van der Waals surface area contributed by atoms with Crippen LogP contribution in [0, 0.1) is 20.8 Å². The largest absolute Gasteiger partial charge is 0.353 e. The molecule has 3 rings (SSSR count). The molecule has 2 fully saturated rings. The van der Waals surface area contributed by atoms with Gasteiger partial charge in [0.15, 0.2) is 0 Å². The molecule has 7 nitrogen and oxygen atoms in total. The van der Waals surface area contributed by atoms with Gasteiger partial charge in [-0.05, 0) is 51.8 Å². The molecule has 0 unspecified atom stereocenters. The Morgan fingerprint density at radius 2 is 1.69 bits per heavy atom. The van der Waals surface area contributed by atoms with Gasteiger partial charge in [-0.2, -0.15) is 4.31 Å². The Kier molecular flexibility index (Phi) is 6.98. The van der Waals surface area contributed by atoms with Gasteiger partial charge >= 0.3 is 0 Å². The summed E-state index contributed by atoms with van der Waals surface area (Å²) in [5, 5.41) is 2.97. The summed E-state index contributed by atoms with van der Waals surface area (Å²) in [5.74, 6) is -0.178. The maximum Gasteiger partial charge on any atom is 0.244 e.